The smallest absolute Gasteiger partial charge is 0.288 e. The quantitative estimate of drug-likeness (QED) is 0.756. The molecule has 21 heavy (non-hydrogen) atoms. The van der Waals surface area contributed by atoms with Crippen LogP contribution >= 0.6 is 28.1 Å². The van der Waals surface area contributed by atoms with Crippen LogP contribution in [0.2, 0.25) is 0 Å². The Morgan fingerprint density at radius 1 is 1.33 bits per heavy atom. The highest BCUT2D eigenvalue weighted by Crippen LogP contribution is 2.27. The fourth-order valence-electron chi connectivity index (χ4n) is 2.53. The molecule has 0 saturated carbocycles. The minimum atomic E-state index is 0.430. The lowest BCUT2D eigenvalue weighted by Gasteiger charge is -2.29. The number of aromatic nitrogens is 2. The van der Waals surface area contributed by atoms with Crippen molar-refractivity contribution in [1.82, 2.24) is 14.7 Å². The van der Waals surface area contributed by atoms with Crippen LogP contribution in [0.1, 0.15) is 19.8 Å². The van der Waals surface area contributed by atoms with E-state index in [-0.39, 0.29) is 0 Å². The minimum absolute atomic E-state index is 0.430. The van der Waals surface area contributed by atoms with Gasteiger partial charge in [-0.05, 0) is 59.0 Å². The molecule has 0 unspecified atom stereocenters. The van der Waals surface area contributed by atoms with Gasteiger partial charge in [-0.1, -0.05) is 19.1 Å². The number of rotatable bonds is 3. The van der Waals surface area contributed by atoms with Crippen molar-refractivity contribution in [2.45, 2.75) is 26.4 Å². The zero-order chi connectivity index (χ0) is 14.8. The van der Waals surface area contributed by atoms with Gasteiger partial charge in [-0.15, -0.1) is 5.10 Å². The Morgan fingerprint density at radius 3 is 2.76 bits per heavy atom. The molecule has 0 atom stereocenters. The van der Waals surface area contributed by atoms with Crippen LogP contribution in [0.25, 0.3) is 11.5 Å². The van der Waals surface area contributed by atoms with Crippen LogP contribution in [0.3, 0.4) is 0 Å². The third-order valence-corrected chi connectivity index (χ3v) is 4.91. The highest BCUT2D eigenvalue weighted by molar-refractivity contribution is 9.10. The lowest BCUT2D eigenvalue weighted by molar-refractivity contribution is 0.144. The van der Waals surface area contributed by atoms with E-state index in [1.54, 1.807) is 4.68 Å². The van der Waals surface area contributed by atoms with Crippen LogP contribution in [0.4, 0.5) is 0 Å². The molecule has 1 aromatic carbocycles. The Bertz CT molecular complexity index is 674. The van der Waals surface area contributed by atoms with Gasteiger partial charge in [0.1, 0.15) is 0 Å². The van der Waals surface area contributed by atoms with Crippen molar-refractivity contribution >= 4 is 28.1 Å². The first-order valence-electron chi connectivity index (χ1n) is 7.18. The fraction of sp³-hybridized carbons (Fsp3) is 0.467. The molecule has 1 saturated heterocycles. The number of likely N-dealkylation sites (tertiary alicyclic amines) is 1. The van der Waals surface area contributed by atoms with E-state index < -0.39 is 0 Å². The number of hydrogen-bond acceptors (Lipinski definition) is 4. The second kappa shape index (κ2) is 6.42. The average Bonchev–Trinajstić information content (AvgIpc) is 2.83. The molecule has 0 radical (unpaired) electrons. The van der Waals surface area contributed by atoms with E-state index in [1.165, 1.54) is 12.8 Å². The molecule has 6 heteroatoms. The summed E-state index contributed by atoms with van der Waals surface area (Å²) < 4.78 is 8.39. The topological polar surface area (TPSA) is 34.2 Å². The van der Waals surface area contributed by atoms with Crippen LogP contribution in [-0.2, 0) is 6.67 Å². The Hall–Kier alpha value is -0.980. The van der Waals surface area contributed by atoms with E-state index in [0.29, 0.717) is 17.4 Å². The molecule has 1 fully saturated rings. The summed E-state index contributed by atoms with van der Waals surface area (Å²) in [5.41, 5.74) is 0.926. The zero-order valence-corrected chi connectivity index (χ0v) is 14.4. The first kappa shape index (κ1) is 14.9. The summed E-state index contributed by atoms with van der Waals surface area (Å²) >= 11 is 8.82. The predicted molar refractivity (Wildman–Crippen MR) is 88.4 cm³/mol. The van der Waals surface area contributed by atoms with Gasteiger partial charge in [-0.25, -0.2) is 4.68 Å². The molecule has 1 aromatic heterocycles. The molecule has 2 heterocycles. The summed E-state index contributed by atoms with van der Waals surface area (Å²) in [5.74, 6) is 1.39. The lowest BCUT2D eigenvalue weighted by Crippen LogP contribution is -2.34. The number of hydrogen-bond donors (Lipinski definition) is 0. The van der Waals surface area contributed by atoms with Gasteiger partial charge in [-0.2, -0.15) is 0 Å². The van der Waals surface area contributed by atoms with E-state index in [2.05, 4.69) is 32.9 Å². The second-order valence-corrected chi connectivity index (χ2v) is 6.80. The van der Waals surface area contributed by atoms with Crippen molar-refractivity contribution < 1.29 is 4.42 Å². The summed E-state index contributed by atoms with van der Waals surface area (Å²) in [6, 6.07) is 7.87. The van der Waals surface area contributed by atoms with Crippen molar-refractivity contribution in [2.75, 3.05) is 13.1 Å². The largest absolute Gasteiger partial charge is 0.409 e. The van der Waals surface area contributed by atoms with E-state index in [1.807, 2.05) is 24.3 Å². The highest BCUT2D eigenvalue weighted by Gasteiger charge is 2.18. The lowest BCUT2D eigenvalue weighted by atomic mass is 10.00. The summed E-state index contributed by atoms with van der Waals surface area (Å²) in [4.78, 5) is 2.81. The first-order chi connectivity index (χ1) is 10.1. The van der Waals surface area contributed by atoms with E-state index in [9.17, 15) is 0 Å². The van der Waals surface area contributed by atoms with Crippen molar-refractivity contribution in [3.05, 3.63) is 33.6 Å². The number of piperidine rings is 1. The summed E-state index contributed by atoms with van der Waals surface area (Å²) in [5, 5.41) is 4.53. The van der Waals surface area contributed by atoms with E-state index in [0.717, 1.165) is 29.0 Å². The zero-order valence-electron chi connectivity index (χ0n) is 12.0. The molecule has 4 nitrogen and oxygen atoms in total. The van der Waals surface area contributed by atoms with Crippen molar-refractivity contribution in [1.29, 1.82) is 0 Å². The molecule has 1 aliphatic heterocycles. The minimum Gasteiger partial charge on any atom is -0.409 e. The monoisotopic (exact) mass is 367 g/mol. The summed E-state index contributed by atoms with van der Waals surface area (Å²) in [7, 11) is 0. The third kappa shape index (κ3) is 3.44. The molecule has 3 rings (SSSR count). The maximum absolute atomic E-state index is 5.65. The van der Waals surface area contributed by atoms with Crippen molar-refractivity contribution in [3.8, 4) is 11.5 Å². The van der Waals surface area contributed by atoms with Crippen molar-refractivity contribution in [3.63, 3.8) is 0 Å². The molecule has 0 amide bonds. The standard InChI is InChI=1S/C15H18BrN3OS/c1-11-6-8-18(9-7-11)10-19-15(21)20-14(17-19)12-4-2-3-5-13(12)16/h2-5,11H,6-10H2,1H3. The van der Waals surface area contributed by atoms with E-state index in [4.69, 9.17) is 16.6 Å². The molecule has 112 valence electrons. The molecule has 0 aliphatic carbocycles. The number of halogens is 1. The molecule has 0 bridgehead atoms. The second-order valence-electron chi connectivity index (χ2n) is 5.59. The Labute approximate surface area is 137 Å². The van der Waals surface area contributed by atoms with Crippen LogP contribution in [0.5, 0.6) is 0 Å². The van der Waals surface area contributed by atoms with Gasteiger partial charge in [0.15, 0.2) is 0 Å². The fourth-order valence-corrected chi connectivity index (χ4v) is 3.16. The van der Waals surface area contributed by atoms with Gasteiger partial charge < -0.3 is 4.42 Å². The molecular formula is C15H18BrN3OS. The maximum Gasteiger partial charge on any atom is 0.288 e. The predicted octanol–water partition coefficient (Wildman–Crippen LogP) is 4.32. The van der Waals surface area contributed by atoms with Gasteiger partial charge in [0.2, 0.25) is 5.89 Å². The third-order valence-electron chi connectivity index (χ3n) is 3.92. The SMILES string of the molecule is CC1CCN(Cn2nc(-c3ccccc3Br)oc2=S)CC1. The van der Waals surface area contributed by atoms with E-state index >= 15 is 0 Å². The Balaban J connectivity index is 1.79. The molecular weight excluding hydrogens is 350 g/mol. The molecule has 0 N–H and O–H groups in total. The van der Waals surface area contributed by atoms with Gasteiger partial charge in [-0.3, -0.25) is 4.90 Å². The van der Waals surface area contributed by atoms with Crippen LogP contribution in [-0.4, -0.2) is 27.8 Å². The van der Waals surface area contributed by atoms with Crippen molar-refractivity contribution in [2.24, 2.45) is 5.92 Å². The average molecular weight is 368 g/mol. The van der Waals surface area contributed by atoms with Gasteiger partial charge in [0.25, 0.3) is 4.84 Å². The Morgan fingerprint density at radius 2 is 2.05 bits per heavy atom. The highest BCUT2D eigenvalue weighted by atomic mass is 79.9. The van der Waals surface area contributed by atoms with Gasteiger partial charge >= 0.3 is 0 Å². The molecule has 2 aromatic rings. The van der Waals surface area contributed by atoms with Crippen LogP contribution in [0, 0.1) is 10.8 Å². The normalized spacial score (nSPS) is 17.2. The van der Waals surface area contributed by atoms with Crippen LogP contribution < -0.4 is 0 Å². The first-order valence-corrected chi connectivity index (χ1v) is 8.39. The summed E-state index contributed by atoms with van der Waals surface area (Å²) in [6.45, 7) is 5.21. The van der Waals surface area contributed by atoms with Gasteiger partial charge in [0.05, 0.1) is 12.2 Å². The number of nitrogens with zero attached hydrogens (tertiary/aromatic N) is 3. The molecule has 1 aliphatic rings. The number of benzene rings is 1. The summed E-state index contributed by atoms with van der Waals surface area (Å²) in [6.07, 6.45) is 2.48. The maximum atomic E-state index is 5.65. The Kier molecular flexibility index (Phi) is 4.57. The van der Waals surface area contributed by atoms with Crippen LogP contribution in [0.15, 0.2) is 33.2 Å². The van der Waals surface area contributed by atoms with Gasteiger partial charge in [0, 0.05) is 17.6 Å². The molecule has 0 spiro atoms.